The Labute approximate surface area is 190 Å². The summed E-state index contributed by atoms with van der Waals surface area (Å²) in [6, 6.07) is 22.7. The molecule has 1 amide bonds. The van der Waals surface area contributed by atoms with E-state index in [1.165, 1.54) is 35.1 Å². The molecule has 0 spiro atoms. The highest BCUT2D eigenvalue weighted by Gasteiger charge is 2.21. The van der Waals surface area contributed by atoms with Crippen LogP contribution < -0.4 is 10.0 Å². The molecular weight excluding hydrogens is 442 g/mol. The number of fused-ring (bicyclic) bond motifs is 3. The summed E-state index contributed by atoms with van der Waals surface area (Å²) in [6.45, 7) is 0. The standard InChI is InChI=1S/C24H19N3O3S2/c28-23(26-24-25-22-20-12-5-4-7-16(20)13-14-21(22)31-24)17-8-6-9-18(15-17)27-32(29,30)19-10-2-1-3-11-19/h1-12,15,27H,13-14H2,(H,25,26,28). The number of hydrogen-bond donors (Lipinski definition) is 2. The maximum Gasteiger partial charge on any atom is 0.261 e. The summed E-state index contributed by atoms with van der Waals surface area (Å²) in [5.41, 5.74) is 3.96. The summed E-state index contributed by atoms with van der Waals surface area (Å²) in [4.78, 5) is 18.8. The number of amides is 1. The van der Waals surface area contributed by atoms with Gasteiger partial charge in [-0.2, -0.15) is 0 Å². The molecule has 32 heavy (non-hydrogen) atoms. The summed E-state index contributed by atoms with van der Waals surface area (Å²) in [6.07, 6.45) is 1.86. The van der Waals surface area contributed by atoms with Crippen LogP contribution in [-0.2, 0) is 22.9 Å². The average Bonchev–Trinajstić information content (AvgIpc) is 3.22. The van der Waals surface area contributed by atoms with E-state index >= 15 is 0 Å². The van der Waals surface area contributed by atoms with E-state index in [1.54, 1.807) is 36.4 Å². The second-order valence-corrected chi connectivity index (χ2v) is 10.2. The number of nitrogens with one attached hydrogen (secondary N) is 2. The molecule has 5 rings (SSSR count). The van der Waals surface area contributed by atoms with Gasteiger partial charge < -0.3 is 0 Å². The molecule has 2 N–H and O–H groups in total. The van der Waals surface area contributed by atoms with Crippen molar-refractivity contribution in [3.63, 3.8) is 0 Å². The monoisotopic (exact) mass is 461 g/mol. The van der Waals surface area contributed by atoms with Gasteiger partial charge in [-0.25, -0.2) is 13.4 Å². The van der Waals surface area contributed by atoms with Crippen LogP contribution in [0.3, 0.4) is 0 Å². The molecule has 0 saturated heterocycles. The highest BCUT2D eigenvalue weighted by atomic mass is 32.2. The largest absolute Gasteiger partial charge is 0.298 e. The number of thiazole rings is 1. The number of benzene rings is 3. The van der Waals surface area contributed by atoms with Crippen molar-refractivity contribution in [2.45, 2.75) is 17.7 Å². The Balaban J connectivity index is 1.35. The lowest BCUT2D eigenvalue weighted by Crippen LogP contribution is -2.15. The number of aryl methyl sites for hydroxylation is 2. The summed E-state index contributed by atoms with van der Waals surface area (Å²) in [7, 11) is -3.74. The number of hydrogen-bond acceptors (Lipinski definition) is 5. The molecule has 0 radical (unpaired) electrons. The third kappa shape index (κ3) is 4.02. The molecule has 1 aliphatic carbocycles. The van der Waals surface area contributed by atoms with Crippen LogP contribution in [0.4, 0.5) is 10.8 Å². The van der Waals surface area contributed by atoms with Gasteiger partial charge in [0, 0.05) is 21.7 Å². The fraction of sp³-hybridized carbons (Fsp3) is 0.0833. The first-order valence-corrected chi connectivity index (χ1v) is 12.4. The fourth-order valence-electron chi connectivity index (χ4n) is 3.71. The van der Waals surface area contributed by atoms with Gasteiger partial charge in [0.25, 0.3) is 15.9 Å². The predicted octanol–water partition coefficient (Wildman–Crippen LogP) is 4.96. The minimum atomic E-state index is -3.74. The normalized spacial score (nSPS) is 12.5. The Morgan fingerprint density at radius 3 is 2.53 bits per heavy atom. The van der Waals surface area contributed by atoms with E-state index in [4.69, 9.17) is 0 Å². The number of carbonyl (C=O) groups is 1. The maximum absolute atomic E-state index is 12.8. The number of rotatable bonds is 5. The van der Waals surface area contributed by atoms with Crippen molar-refractivity contribution in [2.75, 3.05) is 10.0 Å². The zero-order chi connectivity index (χ0) is 22.1. The van der Waals surface area contributed by atoms with Gasteiger partial charge in [0.15, 0.2) is 5.13 Å². The van der Waals surface area contributed by atoms with Crippen LogP contribution in [-0.4, -0.2) is 19.3 Å². The van der Waals surface area contributed by atoms with Crippen molar-refractivity contribution >= 4 is 38.1 Å². The Kier molecular flexibility index (Phi) is 5.24. The van der Waals surface area contributed by atoms with Crippen molar-refractivity contribution in [2.24, 2.45) is 0 Å². The molecular formula is C24H19N3O3S2. The van der Waals surface area contributed by atoms with E-state index < -0.39 is 10.0 Å². The lowest BCUT2D eigenvalue weighted by atomic mass is 9.94. The summed E-state index contributed by atoms with van der Waals surface area (Å²) < 4.78 is 27.7. The van der Waals surface area contributed by atoms with Gasteiger partial charge in [-0.15, -0.1) is 11.3 Å². The highest BCUT2D eigenvalue weighted by molar-refractivity contribution is 7.92. The average molecular weight is 462 g/mol. The Morgan fingerprint density at radius 2 is 1.69 bits per heavy atom. The van der Waals surface area contributed by atoms with Crippen LogP contribution in [0.1, 0.15) is 20.8 Å². The lowest BCUT2D eigenvalue weighted by molar-refractivity contribution is 0.102. The van der Waals surface area contributed by atoms with Gasteiger partial charge in [-0.1, -0.05) is 48.5 Å². The van der Waals surface area contributed by atoms with Gasteiger partial charge in [0.1, 0.15) is 0 Å². The van der Waals surface area contributed by atoms with Crippen LogP contribution in [0.25, 0.3) is 11.3 Å². The summed E-state index contributed by atoms with van der Waals surface area (Å²) >= 11 is 1.48. The van der Waals surface area contributed by atoms with Gasteiger partial charge in [0.2, 0.25) is 0 Å². The molecule has 0 atom stereocenters. The van der Waals surface area contributed by atoms with Crippen LogP contribution >= 0.6 is 11.3 Å². The van der Waals surface area contributed by atoms with Crippen LogP contribution in [0, 0.1) is 0 Å². The van der Waals surface area contributed by atoms with Crippen molar-refractivity contribution in [1.29, 1.82) is 0 Å². The van der Waals surface area contributed by atoms with E-state index in [0.29, 0.717) is 16.4 Å². The molecule has 8 heteroatoms. The Bertz CT molecular complexity index is 1410. The molecule has 4 aromatic rings. The smallest absolute Gasteiger partial charge is 0.261 e. The van der Waals surface area contributed by atoms with E-state index in [0.717, 1.165) is 29.0 Å². The number of anilines is 2. The molecule has 3 aromatic carbocycles. The van der Waals surface area contributed by atoms with Crippen molar-refractivity contribution < 1.29 is 13.2 Å². The molecule has 160 valence electrons. The molecule has 0 fully saturated rings. The molecule has 0 bridgehead atoms. The number of nitrogens with zero attached hydrogens (tertiary/aromatic N) is 1. The lowest BCUT2D eigenvalue weighted by Gasteiger charge is -2.13. The predicted molar refractivity (Wildman–Crippen MR) is 127 cm³/mol. The van der Waals surface area contributed by atoms with E-state index in [1.807, 2.05) is 12.1 Å². The SMILES string of the molecule is O=C(Nc1nc2c(s1)CCc1ccccc1-2)c1cccc(NS(=O)(=O)c2ccccc2)c1. The third-order valence-electron chi connectivity index (χ3n) is 5.24. The number of sulfonamides is 1. The Morgan fingerprint density at radius 1 is 0.906 bits per heavy atom. The number of carbonyl (C=O) groups excluding carboxylic acids is 1. The first-order chi connectivity index (χ1) is 15.5. The zero-order valence-electron chi connectivity index (χ0n) is 16.9. The second-order valence-electron chi connectivity index (χ2n) is 7.40. The van der Waals surface area contributed by atoms with Gasteiger partial charge in [0.05, 0.1) is 10.6 Å². The minimum absolute atomic E-state index is 0.156. The Hall–Kier alpha value is -3.49. The molecule has 6 nitrogen and oxygen atoms in total. The maximum atomic E-state index is 12.8. The van der Waals surface area contributed by atoms with E-state index in [9.17, 15) is 13.2 Å². The summed E-state index contributed by atoms with van der Waals surface area (Å²) in [5.74, 6) is -0.342. The molecule has 1 aliphatic rings. The van der Waals surface area contributed by atoms with Crippen molar-refractivity contribution in [3.05, 3.63) is 94.9 Å². The third-order valence-corrected chi connectivity index (χ3v) is 7.67. The molecule has 1 heterocycles. The van der Waals surface area contributed by atoms with E-state index in [-0.39, 0.29) is 10.8 Å². The van der Waals surface area contributed by atoms with E-state index in [2.05, 4.69) is 27.2 Å². The molecule has 0 unspecified atom stereocenters. The second kappa shape index (κ2) is 8.22. The topological polar surface area (TPSA) is 88.2 Å². The minimum Gasteiger partial charge on any atom is -0.298 e. The van der Waals surface area contributed by atoms with Gasteiger partial charge in [-0.05, 0) is 48.7 Å². The van der Waals surface area contributed by atoms with Crippen molar-refractivity contribution in [3.8, 4) is 11.3 Å². The van der Waals surface area contributed by atoms with Crippen LogP contribution in [0.2, 0.25) is 0 Å². The van der Waals surface area contributed by atoms with Crippen molar-refractivity contribution in [1.82, 2.24) is 4.98 Å². The van der Waals surface area contributed by atoms with Crippen LogP contribution in [0.15, 0.2) is 83.8 Å². The fourth-order valence-corrected chi connectivity index (χ4v) is 5.75. The quantitative estimate of drug-likeness (QED) is 0.440. The first kappa shape index (κ1) is 20.4. The first-order valence-electron chi connectivity index (χ1n) is 10.1. The van der Waals surface area contributed by atoms with Gasteiger partial charge in [-0.3, -0.25) is 14.8 Å². The summed E-state index contributed by atoms with van der Waals surface area (Å²) in [5, 5.41) is 3.39. The van der Waals surface area contributed by atoms with Gasteiger partial charge >= 0.3 is 0 Å². The highest BCUT2D eigenvalue weighted by Crippen LogP contribution is 2.38. The molecule has 0 saturated carbocycles. The van der Waals surface area contributed by atoms with Crippen LogP contribution in [0.5, 0.6) is 0 Å². The number of aromatic nitrogens is 1. The molecule has 1 aromatic heterocycles. The zero-order valence-corrected chi connectivity index (χ0v) is 18.5. The molecule has 0 aliphatic heterocycles.